The lowest BCUT2D eigenvalue weighted by Crippen LogP contribution is -2.31. The summed E-state index contributed by atoms with van der Waals surface area (Å²) >= 11 is 0. The van der Waals surface area contributed by atoms with E-state index >= 15 is 0 Å². The Morgan fingerprint density at radius 3 is 2.47 bits per heavy atom. The molecule has 8 nitrogen and oxygen atoms in total. The number of carbonyl (C=O) groups is 1. The molecule has 2 heterocycles. The van der Waals surface area contributed by atoms with Gasteiger partial charge in [0.1, 0.15) is 22.9 Å². The van der Waals surface area contributed by atoms with Gasteiger partial charge in [-0.25, -0.2) is 0 Å². The fourth-order valence-electron chi connectivity index (χ4n) is 4.63. The van der Waals surface area contributed by atoms with E-state index in [4.69, 9.17) is 9.47 Å². The molecule has 9 heteroatoms. The predicted molar refractivity (Wildman–Crippen MR) is 137 cm³/mol. The third-order valence-electron chi connectivity index (χ3n) is 6.30. The zero-order valence-corrected chi connectivity index (χ0v) is 20.6. The lowest BCUT2D eigenvalue weighted by molar-refractivity contribution is 0.0745. The van der Waals surface area contributed by atoms with Crippen molar-refractivity contribution in [3.8, 4) is 34.3 Å². The van der Waals surface area contributed by atoms with E-state index in [0.29, 0.717) is 47.0 Å². The maximum absolute atomic E-state index is 13.5. The number of rotatable bonds is 7. The normalized spacial score (nSPS) is 14.3. The third kappa shape index (κ3) is 4.31. The van der Waals surface area contributed by atoms with Crippen molar-refractivity contribution in [3.63, 3.8) is 0 Å². The zero-order valence-electron chi connectivity index (χ0n) is 19.8. The number of amides is 1. The Morgan fingerprint density at radius 2 is 1.75 bits per heavy atom. The highest BCUT2D eigenvalue weighted by Crippen LogP contribution is 2.45. The smallest absolute Gasteiger partial charge is 0.273 e. The van der Waals surface area contributed by atoms with Crippen LogP contribution in [0.2, 0.25) is 0 Å². The van der Waals surface area contributed by atoms with Crippen LogP contribution in [0.4, 0.5) is 0 Å². The first kappa shape index (κ1) is 24.9. The summed E-state index contributed by atoms with van der Waals surface area (Å²) in [6.45, 7) is 0.414. The van der Waals surface area contributed by atoms with E-state index in [1.807, 2.05) is 30.3 Å². The summed E-state index contributed by atoms with van der Waals surface area (Å²) in [5.41, 5.74) is 3.83. The number of aromatic hydroxyl groups is 2. The molecule has 0 bridgehead atoms. The Balaban J connectivity index is 0.00000304. The SMILES string of the molecule is COc1ccc(CCN2C(=O)c3[nH]nc(-c4ccccc4O)c3C2c2cccc(O)c2)cc1OC.Cl. The summed E-state index contributed by atoms with van der Waals surface area (Å²) < 4.78 is 10.7. The quantitative estimate of drug-likeness (QED) is 0.334. The molecule has 0 fully saturated rings. The fourth-order valence-corrected chi connectivity index (χ4v) is 4.63. The Morgan fingerprint density at radius 1 is 0.972 bits per heavy atom. The lowest BCUT2D eigenvalue weighted by atomic mass is 9.95. The number of hydrogen-bond donors (Lipinski definition) is 3. The van der Waals surface area contributed by atoms with Gasteiger partial charge in [-0.15, -0.1) is 12.4 Å². The average molecular weight is 508 g/mol. The minimum absolute atomic E-state index is 0. The van der Waals surface area contributed by atoms with Gasteiger partial charge < -0.3 is 24.6 Å². The molecule has 1 unspecified atom stereocenters. The van der Waals surface area contributed by atoms with Crippen molar-refractivity contribution in [1.29, 1.82) is 0 Å². The van der Waals surface area contributed by atoms with Gasteiger partial charge in [0.2, 0.25) is 0 Å². The van der Waals surface area contributed by atoms with Gasteiger partial charge in [-0.05, 0) is 53.9 Å². The number of para-hydroxylation sites is 1. The van der Waals surface area contributed by atoms with Crippen molar-refractivity contribution < 1.29 is 24.5 Å². The van der Waals surface area contributed by atoms with Crippen molar-refractivity contribution in [2.24, 2.45) is 0 Å². The number of phenolic OH excluding ortho intramolecular Hbond substituents is 2. The number of fused-ring (bicyclic) bond motifs is 1. The van der Waals surface area contributed by atoms with E-state index in [-0.39, 0.29) is 29.8 Å². The Labute approximate surface area is 214 Å². The van der Waals surface area contributed by atoms with Crippen molar-refractivity contribution in [2.75, 3.05) is 20.8 Å². The van der Waals surface area contributed by atoms with E-state index in [0.717, 1.165) is 11.1 Å². The molecule has 1 amide bonds. The zero-order chi connectivity index (χ0) is 24.5. The number of benzene rings is 3. The summed E-state index contributed by atoms with van der Waals surface area (Å²) in [5.74, 6) is 1.25. The first-order valence-corrected chi connectivity index (χ1v) is 11.2. The van der Waals surface area contributed by atoms with Crippen LogP contribution in [-0.4, -0.2) is 52.0 Å². The van der Waals surface area contributed by atoms with Crippen molar-refractivity contribution in [1.82, 2.24) is 15.1 Å². The molecule has 4 aromatic rings. The molecule has 0 spiro atoms. The Hall–Kier alpha value is -4.17. The number of carbonyl (C=O) groups excluding carboxylic acids is 1. The molecule has 3 N–H and O–H groups in total. The van der Waals surface area contributed by atoms with E-state index in [1.54, 1.807) is 55.5 Å². The number of phenols is 2. The highest BCUT2D eigenvalue weighted by molar-refractivity contribution is 6.00. The molecule has 186 valence electrons. The lowest BCUT2D eigenvalue weighted by Gasteiger charge is -2.26. The van der Waals surface area contributed by atoms with Gasteiger partial charge in [0, 0.05) is 17.7 Å². The van der Waals surface area contributed by atoms with Crippen LogP contribution in [0.3, 0.4) is 0 Å². The van der Waals surface area contributed by atoms with Crippen molar-refractivity contribution in [2.45, 2.75) is 12.5 Å². The van der Waals surface area contributed by atoms with E-state index in [9.17, 15) is 15.0 Å². The van der Waals surface area contributed by atoms with Gasteiger partial charge in [-0.3, -0.25) is 9.89 Å². The first-order valence-electron chi connectivity index (χ1n) is 11.2. The van der Waals surface area contributed by atoms with Crippen LogP contribution in [0.5, 0.6) is 23.0 Å². The van der Waals surface area contributed by atoms with Crippen molar-refractivity contribution in [3.05, 3.63) is 89.1 Å². The molecular formula is C27H26ClN3O5. The summed E-state index contributed by atoms with van der Waals surface area (Å²) in [4.78, 5) is 15.3. The number of nitrogens with zero attached hydrogens (tertiary/aromatic N) is 2. The molecule has 1 aliphatic heterocycles. The molecule has 5 rings (SSSR count). The molecule has 0 saturated carbocycles. The molecule has 36 heavy (non-hydrogen) atoms. The maximum atomic E-state index is 13.5. The second-order valence-corrected chi connectivity index (χ2v) is 8.31. The average Bonchev–Trinajstić information content (AvgIpc) is 3.41. The molecule has 3 aromatic carbocycles. The number of aromatic amines is 1. The van der Waals surface area contributed by atoms with Crippen LogP contribution < -0.4 is 9.47 Å². The van der Waals surface area contributed by atoms with Gasteiger partial charge in [0.25, 0.3) is 5.91 Å². The highest BCUT2D eigenvalue weighted by Gasteiger charge is 2.42. The van der Waals surface area contributed by atoms with E-state index in [2.05, 4.69) is 10.2 Å². The summed E-state index contributed by atoms with van der Waals surface area (Å²) in [6.07, 6.45) is 0.574. The Bertz CT molecular complexity index is 1400. The minimum atomic E-state index is -0.488. The van der Waals surface area contributed by atoms with Gasteiger partial charge in [0.15, 0.2) is 11.5 Å². The van der Waals surface area contributed by atoms with Gasteiger partial charge in [-0.1, -0.05) is 30.3 Å². The van der Waals surface area contributed by atoms with Crippen LogP contribution >= 0.6 is 12.4 Å². The summed E-state index contributed by atoms with van der Waals surface area (Å²) in [5, 5.41) is 27.9. The number of H-pyrrole nitrogens is 1. The predicted octanol–water partition coefficient (Wildman–Crippen LogP) is 4.71. The maximum Gasteiger partial charge on any atom is 0.273 e. The largest absolute Gasteiger partial charge is 0.508 e. The van der Waals surface area contributed by atoms with Crippen LogP contribution in [0.15, 0.2) is 66.7 Å². The standard InChI is InChI=1S/C27H25N3O5.ClH/c1-34-21-11-10-16(14-22(21)35-2)12-13-30-26(17-6-5-7-18(31)15-17)23-24(28-29-25(23)27(30)33)19-8-3-4-9-20(19)32;/h3-11,14-15,26,31-32H,12-13H2,1-2H3,(H,28,29);1H. The monoisotopic (exact) mass is 507 g/mol. The first-order chi connectivity index (χ1) is 17.0. The number of ether oxygens (including phenoxy) is 2. The molecular weight excluding hydrogens is 482 g/mol. The molecule has 1 atom stereocenters. The van der Waals surface area contributed by atoms with E-state index in [1.165, 1.54) is 0 Å². The second kappa shape index (κ2) is 10.2. The van der Waals surface area contributed by atoms with Gasteiger partial charge in [0.05, 0.1) is 20.3 Å². The molecule has 1 aromatic heterocycles. The topological polar surface area (TPSA) is 108 Å². The third-order valence-corrected chi connectivity index (χ3v) is 6.30. The molecule has 0 saturated heterocycles. The van der Waals surface area contributed by atoms with Crippen LogP contribution in [-0.2, 0) is 6.42 Å². The van der Waals surface area contributed by atoms with E-state index < -0.39 is 6.04 Å². The van der Waals surface area contributed by atoms with Crippen LogP contribution in [0, 0.1) is 0 Å². The highest BCUT2D eigenvalue weighted by atomic mass is 35.5. The van der Waals surface area contributed by atoms with Crippen LogP contribution in [0.25, 0.3) is 11.3 Å². The summed E-state index contributed by atoms with van der Waals surface area (Å²) in [6, 6.07) is 19.0. The minimum Gasteiger partial charge on any atom is -0.508 e. The number of hydrogen-bond acceptors (Lipinski definition) is 6. The molecule has 0 radical (unpaired) electrons. The number of methoxy groups -OCH3 is 2. The molecule has 0 aliphatic carbocycles. The van der Waals surface area contributed by atoms with Gasteiger partial charge in [-0.2, -0.15) is 5.10 Å². The second-order valence-electron chi connectivity index (χ2n) is 8.31. The van der Waals surface area contributed by atoms with Gasteiger partial charge >= 0.3 is 0 Å². The van der Waals surface area contributed by atoms with Crippen molar-refractivity contribution >= 4 is 18.3 Å². The molecule has 1 aliphatic rings. The summed E-state index contributed by atoms with van der Waals surface area (Å²) in [7, 11) is 3.17. The van der Waals surface area contributed by atoms with Crippen LogP contribution in [0.1, 0.15) is 33.2 Å². The number of halogens is 1. The Kier molecular flexibility index (Phi) is 7.07. The number of aromatic nitrogens is 2. The number of nitrogens with one attached hydrogen (secondary N) is 1. The fraction of sp³-hybridized carbons (Fsp3) is 0.185.